The van der Waals surface area contributed by atoms with Gasteiger partial charge in [-0.15, -0.1) is 11.8 Å². The Kier molecular flexibility index (Phi) is 5.36. The number of ether oxygens (including phenoxy) is 1. The number of hydrogen-bond acceptors (Lipinski definition) is 4. The highest BCUT2D eigenvalue weighted by Gasteiger charge is 2.32. The molecule has 26 heavy (non-hydrogen) atoms. The quantitative estimate of drug-likeness (QED) is 0.743. The molecule has 1 amide bonds. The zero-order chi connectivity index (χ0) is 17.9. The Balaban J connectivity index is 1.48. The minimum absolute atomic E-state index is 0.0140. The van der Waals surface area contributed by atoms with Crippen molar-refractivity contribution < 1.29 is 9.53 Å². The molecule has 2 heterocycles. The second-order valence-corrected chi connectivity index (χ2v) is 8.25. The third-order valence-corrected chi connectivity index (χ3v) is 6.48. The van der Waals surface area contributed by atoms with Crippen LogP contribution in [0.2, 0.25) is 5.02 Å². The summed E-state index contributed by atoms with van der Waals surface area (Å²) in [6.45, 7) is 0.708. The van der Waals surface area contributed by atoms with Crippen LogP contribution >= 0.6 is 23.4 Å². The fourth-order valence-electron chi connectivity index (χ4n) is 3.53. The second kappa shape index (κ2) is 7.89. The van der Waals surface area contributed by atoms with Gasteiger partial charge in [0.2, 0.25) is 5.88 Å². The van der Waals surface area contributed by atoms with Crippen molar-refractivity contribution >= 4 is 29.3 Å². The Morgan fingerprint density at radius 1 is 1.19 bits per heavy atom. The van der Waals surface area contributed by atoms with Gasteiger partial charge in [0.1, 0.15) is 11.5 Å². The maximum absolute atomic E-state index is 13.0. The zero-order valence-electron chi connectivity index (χ0n) is 14.4. The average Bonchev–Trinajstić information content (AvgIpc) is 3.34. The summed E-state index contributed by atoms with van der Waals surface area (Å²) in [6.07, 6.45) is 6.51. The van der Waals surface area contributed by atoms with Crippen molar-refractivity contribution in [1.29, 1.82) is 0 Å². The van der Waals surface area contributed by atoms with Crippen LogP contribution in [-0.4, -0.2) is 34.2 Å². The van der Waals surface area contributed by atoms with Crippen molar-refractivity contribution in [3.8, 4) is 5.88 Å². The van der Waals surface area contributed by atoms with Crippen molar-refractivity contribution in [3.05, 3.63) is 58.7 Å². The topological polar surface area (TPSA) is 42.4 Å². The molecule has 0 spiro atoms. The minimum Gasteiger partial charge on any atom is -0.474 e. The molecule has 0 N–H and O–H groups in total. The number of rotatable bonds is 4. The van der Waals surface area contributed by atoms with E-state index in [0.29, 0.717) is 23.0 Å². The number of nitrogens with zero attached hydrogens (tertiary/aromatic N) is 2. The lowest BCUT2D eigenvalue weighted by Gasteiger charge is -2.25. The maximum atomic E-state index is 13.0. The summed E-state index contributed by atoms with van der Waals surface area (Å²) in [7, 11) is 0. The first-order valence-electron chi connectivity index (χ1n) is 9.02. The van der Waals surface area contributed by atoms with Crippen LogP contribution in [0.1, 0.15) is 47.0 Å². The fraction of sp³-hybridized carbons (Fsp3) is 0.400. The van der Waals surface area contributed by atoms with Crippen molar-refractivity contribution in [2.24, 2.45) is 0 Å². The molecule has 1 atom stereocenters. The number of benzene rings is 1. The molecule has 0 radical (unpaired) electrons. The van der Waals surface area contributed by atoms with E-state index in [-0.39, 0.29) is 17.4 Å². The highest BCUT2D eigenvalue weighted by Crippen LogP contribution is 2.41. The van der Waals surface area contributed by atoms with Crippen LogP contribution in [0.15, 0.2) is 42.6 Å². The molecule has 1 saturated carbocycles. The average molecular weight is 389 g/mol. The highest BCUT2D eigenvalue weighted by atomic mass is 35.5. The Morgan fingerprint density at radius 2 is 2.00 bits per heavy atom. The summed E-state index contributed by atoms with van der Waals surface area (Å²) in [5.41, 5.74) is 1.57. The molecular formula is C20H21ClN2O2S. The molecule has 1 aromatic heterocycles. The zero-order valence-corrected chi connectivity index (χ0v) is 16.0. The maximum Gasteiger partial charge on any atom is 0.256 e. The number of pyridine rings is 1. The molecule has 2 fully saturated rings. The van der Waals surface area contributed by atoms with Gasteiger partial charge in [0.05, 0.1) is 5.56 Å². The van der Waals surface area contributed by atoms with Crippen LogP contribution in [0.25, 0.3) is 0 Å². The van der Waals surface area contributed by atoms with Crippen LogP contribution in [0.3, 0.4) is 0 Å². The number of aromatic nitrogens is 1. The summed E-state index contributed by atoms with van der Waals surface area (Å²) in [6, 6.07) is 11.3. The number of halogens is 1. The van der Waals surface area contributed by atoms with Crippen molar-refractivity contribution in [2.45, 2.75) is 37.2 Å². The van der Waals surface area contributed by atoms with Gasteiger partial charge in [-0.05, 0) is 37.8 Å². The molecule has 1 aliphatic carbocycles. The largest absolute Gasteiger partial charge is 0.474 e. The van der Waals surface area contributed by atoms with Gasteiger partial charge in [0.25, 0.3) is 5.91 Å². The van der Waals surface area contributed by atoms with Gasteiger partial charge < -0.3 is 9.64 Å². The van der Waals surface area contributed by atoms with E-state index in [1.54, 1.807) is 24.0 Å². The number of thioether (sulfide) groups is 1. The molecule has 4 rings (SSSR count). The van der Waals surface area contributed by atoms with Gasteiger partial charge in [-0.3, -0.25) is 4.79 Å². The highest BCUT2D eigenvalue weighted by molar-refractivity contribution is 7.99. The van der Waals surface area contributed by atoms with E-state index < -0.39 is 0 Å². The number of hydrogen-bond donors (Lipinski definition) is 0. The smallest absolute Gasteiger partial charge is 0.256 e. The van der Waals surface area contributed by atoms with E-state index in [2.05, 4.69) is 4.98 Å². The van der Waals surface area contributed by atoms with Crippen molar-refractivity contribution in [2.75, 3.05) is 12.3 Å². The van der Waals surface area contributed by atoms with Crippen LogP contribution in [0.4, 0.5) is 0 Å². The molecule has 1 saturated heterocycles. The van der Waals surface area contributed by atoms with E-state index in [0.717, 1.165) is 24.2 Å². The standard InChI is InChI=1S/C20H21ClN2O2S/c21-17-8-4-3-7-16(17)20-23(11-12-26-20)19(24)14-9-10-18(22-13-14)25-15-5-1-2-6-15/h3-4,7-10,13,15,20H,1-2,5-6,11-12H2. The molecule has 4 nitrogen and oxygen atoms in total. The fourth-order valence-corrected chi connectivity index (χ4v) is 5.13. The normalized spacial score (nSPS) is 20.5. The lowest BCUT2D eigenvalue weighted by Crippen LogP contribution is -2.30. The Labute approximate surface area is 162 Å². The van der Waals surface area contributed by atoms with Gasteiger partial charge in [0, 0.05) is 35.1 Å². The molecule has 1 aliphatic heterocycles. The molecular weight excluding hydrogens is 368 g/mol. The number of amides is 1. The van der Waals surface area contributed by atoms with E-state index in [9.17, 15) is 4.79 Å². The van der Waals surface area contributed by atoms with Gasteiger partial charge in [0.15, 0.2) is 0 Å². The Hall–Kier alpha value is -1.72. The van der Waals surface area contributed by atoms with Crippen LogP contribution < -0.4 is 4.74 Å². The minimum atomic E-state index is -0.0504. The van der Waals surface area contributed by atoms with E-state index in [1.165, 1.54) is 12.8 Å². The van der Waals surface area contributed by atoms with Crippen LogP contribution in [0.5, 0.6) is 5.88 Å². The van der Waals surface area contributed by atoms with Crippen molar-refractivity contribution in [1.82, 2.24) is 9.88 Å². The van der Waals surface area contributed by atoms with E-state index in [4.69, 9.17) is 16.3 Å². The van der Waals surface area contributed by atoms with Crippen LogP contribution in [-0.2, 0) is 0 Å². The lowest BCUT2D eigenvalue weighted by atomic mass is 10.2. The van der Waals surface area contributed by atoms with Gasteiger partial charge >= 0.3 is 0 Å². The van der Waals surface area contributed by atoms with Crippen molar-refractivity contribution in [3.63, 3.8) is 0 Å². The Bertz CT molecular complexity index is 778. The SMILES string of the molecule is O=C(c1ccc(OC2CCCC2)nc1)N1CCSC1c1ccccc1Cl. The molecule has 136 valence electrons. The van der Waals surface area contributed by atoms with Gasteiger partial charge in [-0.1, -0.05) is 29.8 Å². The first-order chi connectivity index (χ1) is 12.7. The third kappa shape index (κ3) is 3.69. The monoisotopic (exact) mass is 388 g/mol. The van der Waals surface area contributed by atoms with Gasteiger partial charge in [-0.2, -0.15) is 0 Å². The van der Waals surface area contributed by atoms with Gasteiger partial charge in [-0.25, -0.2) is 4.98 Å². The summed E-state index contributed by atoms with van der Waals surface area (Å²) in [5.74, 6) is 1.49. The molecule has 0 bridgehead atoms. The molecule has 1 aromatic carbocycles. The first kappa shape index (κ1) is 17.7. The first-order valence-corrected chi connectivity index (χ1v) is 10.4. The molecule has 1 unspecified atom stereocenters. The predicted octanol–water partition coefficient (Wildman–Crippen LogP) is 4.94. The lowest BCUT2D eigenvalue weighted by molar-refractivity contribution is 0.0760. The van der Waals surface area contributed by atoms with Crippen LogP contribution in [0, 0.1) is 0 Å². The molecule has 6 heteroatoms. The van der Waals surface area contributed by atoms with E-state index in [1.807, 2.05) is 35.2 Å². The number of carbonyl (C=O) groups is 1. The third-order valence-electron chi connectivity index (χ3n) is 4.90. The molecule has 2 aromatic rings. The molecule has 2 aliphatic rings. The summed E-state index contributed by atoms with van der Waals surface area (Å²) in [5, 5.41) is 0.647. The van der Waals surface area contributed by atoms with E-state index >= 15 is 0 Å². The predicted molar refractivity (Wildman–Crippen MR) is 105 cm³/mol. The Morgan fingerprint density at radius 3 is 2.73 bits per heavy atom. The summed E-state index contributed by atoms with van der Waals surface area (Å²) in [4.78, 5) is 19.2. The summed E-state index contributed by atoms with van der Waals surface area (Å²) >= 11 is 8.08. The second-order valence-electron chi connectivity index (χ2n) is 6.65. The summed E-state index contributed by atoms with van der Waals surface area (Å²) < 4.78 is 5.88. The number of carbonyl (C=O) groups excluding carboxylic acids is 1.